The Kier molecular flexibility index (Phi) is 4.53. The Hall–Kier alpha value is -2.00. The second kappa shape index (κ2) is 6.19. The summed E-state index contributed by atoms with van der Waals surface area (Å²) in [5, 5.41) is 24.4. The van der Waals surface area contributed by atoms with Gasteiger partial charge in [0, 0.05) is 6.54 Å². The van der Waals surface area contributed by atoms with Crippen molar-refractivity contribution < 1.29 is 10.0 Å². The van der Waals surface area contributed by atoms with Crippen molar-refractivity contribution in [1.82, 2.24) is 9.97 Å². The van der Waals surface area contributed by atoms with Crippen LogP contribution in [0.15, 0.2) is 6.20 Å². The van der Waals surface area contributed by atoms with Gasteiger partial charge >= 0.3 is 5.69 Å². The molecular weight excluding hydrogens is 276 g/mol. The third kappa shape index (κ3) is 3.76. The first-order valence-electron chi connectivity index (χ1n) is 6.88. The SMILES string of the molecule is CC1CCCC(O)(CNc2nc(NN)ncc2[N+](=O)[O-])C1. The fourth-order valence-electron chi connectivity index (χ4n) is 2.75. The highest BCUT2D eigenvalue weighted by molar-refractivity contribution is 5.56. The van der Waals surface area contributed by atoms with Gasteiger partial charge in [-0.3, -0.25) is 15.5 Å². The van der Waals surface area contributed by atoms with Crippen LogP contribution in [0.25, 0.3) is 0 Å². The van der Waals surface area contributed by atoms with E-state index in [0.29, 0.717) is 18.8 Å². The predicted octanol–water partition coefficient (Wildman–Crippen LogP) is 1.02. The maximum absolute atomic E-state index is 11.0. The van der Waals surface area contributed by atoms with Gasteiger partial charge in [-0.05, 0) is 18.8 Å². The summed E-state index contributed by atoms with van der Waals surface area (Å²) in [4.78, 5) is 18.1. The zero-order valence-electron chi connectivity index (χ0n) is 11.9. The first-order chi connectivity index (χ1) is 9.93. The summed E-state index contributed by atoms with van der Waals surface area (Å²) >= 11 is 0. The quantitative estimate of drug-likeness (QED) is 0.359. The average Bonchev–Trinajstić information content (AvgIpc) is 2.44. The van der Waals surface area contributed by atoms with Gasteiger partial charge in [-0.1, -0.05) is 19.8 Å². The van der Waals surface area contributed by atoms with Gasteiger partial charge in [0.1, 0.15) is 6.20 Å². The second-order valence-corrected chi connectivity index (χ2v) is 5.61. The lowest BCUT2D eigenvalue weighted by atomic mass is 9.79. The summed E-state index contributed by atoms with van der Waals surface area (Å²) in [6.45, 7) is 2.30. The van der Waals surface area contributed by atoms with Gasteiger partial charge in [-0.25, -0.2) is 10.8 Å². The highest BCUT2D eigenvalue weighted by Gasteiger charge is 2.33. The van der Waals surface area contributed by atoms with Crippen molar-refractivity contribution in [2.75, 3.05) is 17.3 Å². The van der Waals surface area contributed by atoms with Gasteiger partial charge in [0.2, 0.25) is 11.8 Å². The standard InChI is InChI=1S/C12H20N6O3/c1-8-3-2-4-12(19,5-8)7-15-10-9(18(20)21)6-14-11(16-10)17-13/h6,8,19H,2-5,7,13H2,1H3,(H2,14,15,16,17). The number of hydrazine groups is 1. The number of hydrogen-bond donors (Lipinski definition) is 4. The van der Waals surface area contributed by atoms with Gasteiger partial charge < -0.3 is 10.4 Å². The van der Waals surface area contributed by atoms with Crippen molar-refractivity contribution in [2.24, 2.45) is 11.8 Å². The molecule has 1 fully saturated rings. The molecule has 2 rings (SSSR count). The van der Waals surface area contributed by atoms with Gasteiger partial charge in [0.05, 0.1) is 10.5 Å². The number of anilines is 2. The minimum Gasteiger partial charge on any atom is -0.388 e. The summed E-state index contributed by atoms with van der Waals surface area (Å²) in [6, 6.07) is 0. The molecule has 1 aliphatic carbocycles. The maximum Gasteiger partial charge on any atom is 0.329 e. The third-order valence-corrected chi connectivity index (χ3v) is 3.75. The first kappa shape index (κ1) is 15.4. The van der Waals surface area contributed by atoms with Gasteiger partial charge in [0.25, 0.3) is 0 Å². The Morgan fingerprint density at radius 3 is 3.05 bits per heavy atom. The lowest BCUT2D eigenvalue weighted by Gasteiger charge is -2.35. The van der Waals surface area contributed by atoms with Crippen molar-refractivity contribution in [1.29, 1.82) is 0 Å². The maximum atomic E-state index is 11.0. The number of nitrogens with two attached hydrogens (primary N) is 1. The summed E-state index contributed by atoms with van der Waals surface area (Å²) in [7, 11) is 0. The Labute approximate surface area is 122 Å². The number of aromatic nitrogens is 2. The fourth-order valence-corrected chi connectivity index (χ4v) is 2.75. The van der Waals surface area contributed by atoms with Crippen LogP contribution < -0.4 is 16.6 Å². The Morgan fingerprint density at radius 1 is 1.67 bits per heavy atom. The molecule has 1 aliphatic rings. The molecule has 2 atom stereocenters. The highest BCUT2D eigenvalue weighted by atomic mass is 16.6. The number of rotatable bonds is 5. The molecule has 5 N–H and O–H groups in total. The molecule has 0 radical (unpaired) electrons. The van der Waals surface area contributed by atoms with Gasteiger partial charge in [-0.15, -0.1) is 0 Å². The van der Waals surface area contributed by atoms with E-state index in [1.54, 1.807) is 0 Å². The molecule has 1 saturated carbocycles. The molecule has 0 spiro atoms. The number of nitrogens with one attached hydrogen (secondary N) is 2. The number of nitrogen functional groups attached to an aromatic ring is 1. The molecule has 1 aromatic rings. The summed E-state index contributed by atoms with van der Waals surface area (Å²) in [5.41, 5.74) is 1.12. The van der Waals surface area contributed by atoms with Gasteiger partial charge in [0.15, 0.2) is 0 Å². The van der Waals surface area contributed by atoms with Crippen LogP contribution in [-0.4, -0.2) is 32.1 Å². The summed E-state index contributed by atoms with van der Waals surface area (Å²) in [5.74, 6) is 5.77. The molecule has 1 aromatic heterocycles. The van der Waals surface area contributed by atoms with E-state index in [9.17, 15) is 15.2 Å². The predicted molar refractivity (Wildman–Crippen MR) is 77.6 cm³/mol. The van der Waals surface area contributed by atoms with E-state index >= 15 is 0 Å². The third-order valence-electron chi connectivity index (χ3n) is 3.75. The van der Waals surface area contributed by atoms with Crippen molar-refractivity contribution >= 4 is 17.5 Å². The lowest BCUT2D eigenvalue weighted by molar-refractivity contribution is -0.384. The van der Waals surface area contributed by atoms with Crippen molar-refractivity contribution in [2.45, 2.75) is 38.2 Å². The van der Waals surface area contributed by atoms with Crippen LogP contribution in [0.5, 0.6) is 0 Å². The molecule has 9 heteroatoms. The van der Waals surface area contributed by atoms with Gasteiger partial charge in [-0.2, -0.15) is 4.98 Å². The molecule has 116 valence electrons. The molecule has 0 aromatic carbocycles. The molecule has 2 unspecified atom stereocenters. The fraction of sp³-hybridized carbons (Fsp3) is 0.667. The van der Waals surface area contributed by atoms with E-state index in [-0.39, 0.29) is 24.0 Å². The van der Waals surface area contributed by atoms with E-state index in [0.717, 1.165) is 19.0 Å². The van der Waals surface area contributed by atoms with E-state index in [2.05, 4.69) is 27.6 Å². The molecule has 0 bridgehead atoms. The topological polar surface area (TPSA) is 139 Å². The Morgan fingerprint density at radius 2 is 2.43 bits per heavy atom. The molecule has 21 heavy (non-hydrogen) atoms. The minimum absolute atomic E-state index is 0.0506. The molecule has 0 saturated heterocycles. The van der Waals surface area contributed by atoms with Crippen LogP contribution in [-0.2, 0) is 0 Å². The monoisotopic (exact) mass is 296 g/mol. The number of aliphatic hydroxyl groups is 1. The number of hydrogen-bond acceptors (Lipinski definition) is 8. The van der Waals surface area contributed by atoms with Crippen LogP contribution in [0, 0.1) is 16.0 Å². The normalized spacial score (nSPS) is 25.4. The molecular formula is C12H20N6O3. The van der Waals surface area contributed by atoms with Crippen molar-refractivity contribution in [3.63, 3.8) is 0 Å². The van der Waals surface area contributed by atoms with E-state index < -0.39 is 10.5 Å². The number of nitro groups is 1. The van der Waals surface area contributed by atoms with E-state index in [4.69, 9.17) is 5.84 Å². The average molecular weight is 296 g/mol. The molecule has 0 aliphatic heterocycles. The molecule has 9 nitrogen and oxygen atoms in total. The van der Waals surface area contributed by atoms with Crippen LogP contribution >= 0.6 is 0 Å². The van der Waals surface area contributed by atoms with Crippen LogP contribution in [0.3, 0.4) is 0 Å². The van der Waals surface area contributed by atoms with E-state index in [1.807, 2.05) is 0 Å². The highest BCUT2D eigenvalue weighted by Crippen LogP contribution is 2.33. The minimum atomic E-state index is -0.868. The second-order valence-electron chi connectivity index (χ2n) is 5.61. The Bertz CT molecular complexity index is 526. The summed E-state index contributed by atoms with van der Waals surface area (Å²) < 4.78 is 0. The molecule has 0 amide bonds. The molecule has 1 heterocycles. The zero-order valence-corrected chi connectivity index (χ0v) is 11.9. The number of nitrogens with zero attached hydrogens (tertiary/aromatic N) is 3. The lowest BCUT2D eigenvalue weighted by Crippen LogP contribution is -2.41. The largest absolute Gasteiger partial charge is 0.388 e. The van der Waals surface area contributed by atoms with Crippen LogP contribution in [0.1, 0.15) is 32.6 Å². The van der Waals surface area contributed by atoms with Crippen LogP contribution in [0.2, 0.25) is 0 Å². The van der Waals surface area contributed by atoms with Crippen LogP contribution in [0.4, 0.5) is 17.5 Å². The van der Waals surface area contributed by atoms with Crippen molar-refractivity contribution in [3.05, 3.63) is 16.3 Å². The Balaban J connectivity index is 2.13. The zero-order chi connectivity index (χ0) is 15.5. The van der Waals surface area contributed by atoms with E-state index in [1.165, 1.54) is 0 Å². The summed E-state index contributed by atoms with van der Waals surface area (Å²) in [6.07, 6.45) is 4.46. The first-order valence-corrected chi connectivity index (χ1v) is 6.88. The smallest absolute Gasteiger partial charge is 0.329 e. The van der Waals surface area contributed by atoms with Crippen molar-refractivity contribution in [3.8, 4) is 0 Å².